The van der Waals surface area contributed by atoms with Crippen LogP contribution in [0, 0.1) is 5.92 Å². The van der Waals surface area contributed by atoms with E-state index in [-0.39, 0.29) is 5.60 Å². The largest absolute Gasteiger partial charge is 0.370 e. The first kappa shape index (κ1) is 16.3. The van der Waals surface area contributed by atoms with Crippen LogP contribution in [0.3, 0.4) is 0 Å². The summed E-state index contributed by atoms with van der Waals surface area (Å²) in [5.74, 6) is 0.913. The molecule has 3 nitrogen and oxygen atoms in total. The zero-order valence-corrected chi connectivity index (χ0v) is 14.1. The summed E-state index contributed by atoms with van der Waals surface area (Å²) < 4.78 is 6.08. The Morgan fingerprint density at radius 2 is 2.00 bits per heavy atom. The minimum Gasteiger partial charge on any atom is -0.370 e. The van der Waals surface area contributed by atoms with Crippen molar-refractivity contribution in [2.75, 3.05) is 19.6 Å². The molecule has 0 aromatic heterocycles. The molecular formula is C17H34N2O. The average Bonchev–Trinajstić information content (AvgIpc) is 2.37. The maximum atomic E-state index is 6.08. The second-order valence-corrected chi connectivity index (χ2v) is 7.44. The van der Waals surface area contributed by atoms with E-state index in [1.807, 2.05) is 0 Å². The van der Waals surface area contributed by atoms with Crippen LogP contribution in [0.2, 0.25) is 0 Å². The average molecular weight is 282 g/mol. The van der Waals surface area contributed by atoms with Crippen LogP contribution in [0.4, 0.5) is 0 Å². The lowest BCUT2D eigenvalue weighted by Gasteiger charge is -2.49. The van der Waals surface area contributed by atoms with Crippen LogP contribution in [0.15, 0.2) is 0 Å². The standard InChI is InChI=1S/C17H34N2O/c1-6-14-8-9-15(18-7-2)16(10-14)19-11-13(3)20-17(4,5)12-19/h13-16,18H,6-12H2,1-5H3. The Morgan fingerprint density at radius 3 is 2.60 bits per heavy atom. The van der Waals surface area contributed by atoms with Crippen LogP contribution in [-0.2, 0) is 4.74 Å². The second kappa shape index (κ2) is 6.76. The number of morpholine rings is 1. The van der Waals surface area contributed by atoms with Crippen molar-refractivity contribution in [3.05, 3.63) is 0 Å². The maximum absolute atomic E-state index is 6.08. The quantitative estimate of drug-likeness (QED) is 0.858. The topological polar surface area (TPSA) is 24.5 Å². The highest BCUT2D eigenvalue weighted by atomic mass is 16.5. The van der Waals surface area contributed by atoms with Crippen LogP contribution in [-0.4, -0.2) is 48.3 Å². The number of nitrogens with one attached hydrogen (secondary N) is 1. The van der Waals surface area contributed by atoms with Gasteiger partial charge in [-0.05, 0) is 52.5 Å². The van der Waals surface area contributed by atoms with Crippen LogP contribution < -0.4 is 5.32 Å². The van der Waals surface area contributed by atoms with Gasteiger partial charge in [0.1, 0.15) is 0 Å². The molecule has 2 rings (SSSR count). The summed E-state index contributed by atoms with van der Waals surface area (Å²) in [5.41, 5.74) is -0.00636. The monoisotopic (exact) mass is 282 g/mol. The fourth-order valence-electron chi connectivity index (χ4n) is 4.26. The van der Waals surface area contributed by atoms with E-state index in [1.165, 1.54) is 25.7 Å². The first-order valence-corrected chi connectivity index (χ1v) is 8.60. The van der Waals surface area contributed by atoms with E-state index in [9.17, 15) is 0 Å². The van der Waals surface area contributed by atoms with E-state index < -0.39 is 0 Å². The predicted octanol–water partition coefficient (Wildman–Crippen LogP) is 3.04. The maximum Gasteiger partial charge on any atom is 0.0757 e. The summed E-state index contributed by atoms with van der Waals surface area (Å²) in [4.78, 5) is 2.71. The molecule has 2 fully saturated rings. The molecule has 1 aliphatic heterocycles. The van der Waals surface area contributed by atoms with Gasteiger partial charge in [0.2, 0.25) is 0 Å². The van der Waals surface area contributed by atoms with Gasteiger partial charge in [0.15, 0.2) is 0 Å². The van der Waals surface area contributed by atoms with Crippen LogP contribution in [0.25, 0.3) is 0 Å². The molecule has 0 aromatic rings. The summed E-state index contributed by atoms with van der Waals surface area (Å²) >= 11 is 0. The number of ether oxygens (including phenoxy) is 1. The zero-order chi connectivity index (χ0) is 14.8. The molecule has 118 valence electrons. The van der Waals surface area contributed by atoms with Gasteiger partial charge < -0.3 is 10.1 Å². The van der Waals surface area contributed by atoms with E-state index in [1.54, 1.807) is 0 Å². The van der Waals surface area contributed by atoms with Crippen molar-refractivity contribution < 1.29 is 4.74 Å². The van der Waals surface area contributed by atoms with Gasteiger partial charge in [-0.2, -0.15) is 0 Å². The van der Waals surface area contributed by atoms with Crippen molar-refractivity contribution in [1.29, 1.82) is 0 Å². The number of hydrogen-bond acceptors (Lipinski definition) is 3. The van der Waals surface area contributed by atoms with Crippen molar-refractivity contribution in [3.63, 3.8) is 0 Å². The molecule has 1 saturated heterocycles. The van der Waals surface area contributed by atoms with Crippen molar-refractivity contribution in [1.82, 2.24) is 10.2 Å². The lowest BCUT2D eigenvalue weighted by molar-refractivity contribution is -0.144. The molecule has 20 heavy (non-hydrogen) atoms. The Bertz CT molecular complexity index is 305. The third-order valence-electron chi connectivity index (χ3n) is 5.03. The molecule has 1 saturated carbocycles. The molecule has 4 unspecified atom stereocenters. The lowest BCUT2D eigenvalue weighted by atomic mass is 9.79. The second-order valence-electron chi connectivity index (χ2n) is 7.44. The third-order valence-corrected chi connectivity index (χ3v) is 5.03. The molecule has 2 aliphatic rings. The van der Waals surface area contributed by atoms with E-state index in [2.05, 4.69) is 44.8 Å². The Morgan fingerprint density at radius 1 is 1.25 bits per heavy atom. The van der Waals surface area contributed by atoms with Gasteiger partial charge in [-0.25, -0.2) is 0 Å². The van der Waals surface area contributed by atoms with Gasteiger partial charge in [0.05, 0.1) is 11.7 Å². The van der Waals surface area contributed by atoms with Crippen LogP contribution >= 0.6 is 0 Å². The van der Waals surface area contributed by atoms with Gasteiger partial charge >= 0.3 is 0 Å². The lowest BCUT2D eigenvalue weighted by Crippen LogP contribution is -2.61. The Hall–Kier alpha value is -0.120. The summed E-state index contributed by atoms with van der Waals surface area (Å²) in [5, 5.41) is 3.74. The molecule has 1 N–H and O–H groups in total. The van der Waals surface area contributed by atoms with Crippen molar-refractivity contribution >= 4 is 0 Å². The van der Waals surface area contributed by atoms with Gasteiger partial charge in [-0.3, -0.25) is 4.90 Å². The zero-order valence-electron chi connectivity index (χ0n) is 14.1. The van der Waals surface area contributed by atoms with Crippen molar-refractivity contribution in [2.45, 2.75) is 84.1 Å². The highest BCUT2D eigenvalue weighted by molar-refractivity contribution is 4.95. The molecule has 0 bridgehead atoms. The summed E-state index contributed by atoms with van der Waals surface area (Å²) in [6.45, 7) is 14.5. The smallest absolute Gasteiger partial charge is 0.0757 e. The first-order chi connectivity index (χ1) is 9.45. The van der Waals surface area contributed by atoms with E-state index in [4.69, 9.17) is 4.74 Å². The molecule has 0 radical (unpaired) electrons. The molecular weight excluding hydrogens is 248 g/mol. The van der Waals surface area contributed by atoms with E-state index >= 15 is 0 Å². The van der Waals surface area contributed by atoms with Crippen LogP contribution in [0.5, 0.6) is 0 Å². The minimum absolute atomic E-state index is 0.00636. The predicted molar refractivity (Wildman–Crippen MR) is 85.1 cm³/mol. The van der Waals surface area contributed by atoms with Crippen molar-refractivity contribution in [2.24, 2.45) is 5.92 Å². The highest BCUT2D eigenvalue weighted by Crippen LogP contribution is 2.33. The summed E-state index contributed by atoms with van der Waals surface area (Å²) in [6, 6.07) is 1.36. The third kappa shape index (κ3) is 3.96. The fourth-order valence-corrected chi connectivity index (χ4v) is 4.26. The Balaban J connectivity index is 2.08. The molecule has 1 aliphatic carbocycles. The molecule has 1 heterocycles. The number of rotatable bonds is 4. The van der Waals surface area contributed by atoms with E-state index in [0.717, 1.165) is 25.6 Å². The first-order valence-electron chi connectivity index (χ1n) is 8.60. The normalized spacial score (nSPS) is 38.9. The SMILES string of the molecule is CCNC1CCC(CC)CC1N1CC(C)OC(C)(C)C1. The fraction of sp³-hybridized carbons (Fsp3) is 1.00. The van der Waals surface area contributed by atoms with Gasteiger partial charge in [-0.1, -0.05) is 20.3 Å². The number of likely N-dealkylation sites (N-methyl/N-ethyl adjacent to an activating group) is 1. The molecule has 0 spiro atoms. The minimum atomic E-state index is -0.00636. The highest BCUT2D eigenvalue weighted by Gasteiger charge is 2.39. The summed E-state index contributed by atoms with van der Waals surface area (Å²) in [7, 11) is 0. The molecule has 0 aromatic carbocycles. The van der Waals surface area contributed by atoms with Crippen molar-refractivity contribution in [3.8, 4) is 0 Å². The summed E-state index contributed by atoms with van der Waals surface area (Å²) in [6.07, 6.45) is 5.77. The van der Waals surface area contributed by atoms with Crippen LogP contribution in [0.1, 0.15) is 60.3 Å². The number of hydrogen-bond donors (Lipinski definition) is 1. The number of nitrogens with zero attached hydrogens (tertiary/aromatic N) is 1. The molecule has 3 heteroatoms. The molecule has 0 amide bonds. The van der Waals surface area contributed by atoms with Gasteiger partial charge in [0.25, 0.3) is 0 Å². The van der Waals surface area contributed by atoms with Gasteiger partial charge in [0, 0.05) is 25.2 Å². The Kier molecular flexibility index (Phi) is 5.49. The van der Waals surface area contributed by atoms with Gasteiger partial charge in [-0.15, -0.1) is 0 Å². The molecule has 4 atom stereocenters. The Labute approximate surface area is 125 Å². The van der Waals surface area contributed by atoms with E-state index in [0.29, 0.717) is 18.2 Å².